The number of halogens is 2. The number of unbranched alkanes of at least 4 members (excludes halogenated alkanes) is 6. The van der Waals surface area contributed by atoms with E-state index in [2.05, 4.69) is 78.2 Å². The fraction of sp³-hybridized carbons (Fsp3) is 0.545. The maximum atomic E-state index is 4.46. The van der Waals surface area contributed by atoms with Gasteiger partial charge in [-0.2, -0.15) is 0 Å². The second-order valence-electron chi connectivity index (χ2n) is 7.48. The van der Waals surface area contributed by atoms with Gasteiger partial charge in [0.15, 0.2) is 0 Å². The Morgan fingerprint density at radius 1 is 0.633 bits per heavy atom. The van der Waals surface area contributed by atoms with Crippen LogP contribution < -0.4 is 0 Å². The lowest BCUT2D eigenvalue weighted by Crippen LogP contribution is -2.00. The van der Waals surface area contributed by atoms with Crippen LogP contribution in [0.4, 0.5) is 0 Å². The molecule has 0 saturated heterocycles. The predicted octanol–water partition coefficient (Wildman–Crippen LogP) is 8.49. The van der Waals surface area contributed by atoms with Gasteiger partial charge in [-0.1, -0.05) is 52.4 Å². The number of rotatable bonds is 12. The van der Waals surface area contributed by atoms with Crippen LogP contribution in [0.15, 0.2) is 19.7 Å². The Labute approximate surface area is 204 Å². The molecule has 0 amide bonds. The van der Waals surface area contributed by atoms with Crippen LogP contribution in [0.1, 0.15) is 76.3 Å². The maximum Gasteiger partial charge on any atom is 0.213 e. The number of aryl methyl sites for hydroxylation is 2. The molecule has 0 aliphatic carbocycles. The molecule has 0 radical (unpaired) electrons. The van der Waals surface area contributed by atoms with Gasteiger partial charge in [0.05, 0.1) is 17.3 Å². The first kappa shape index (κ1) is 24.0. The molecule has 0 atom stereocenters. The van der Waals surface area contributed by atoms with E-state index in [4.69, 9.17) is 0 Å². The van der Waals surface area contributed by atoms with Crippen molar-refractivity contribution in [2.75, 3.05) is 0 Å². The molecule has 4 nitrogen and oxygen atoms in total. The Bertz CT molecular complexity index is 847. The van der Waals surface area contributed by atoms with E-state index in [1.54, 1.807) is 22.7 Å². The molecule has 0 N–H and O–H groups in total. The van der Waals surface area contributed by atoms with E-state index < -0.39 is 0 Å². The zero-order valence-corrected chi connectivity index (χ0v) is 22.4. The quantitative estimate of drug-likeness (QED) is 0.204. The highest BCUT2D eigenvalue weighted by Crippen LogP contribution is 2.37. The Balaban J connectivity index is 1.75. The first-order valence-corrected chi connectivity index (χ1v) is 14.0. The topological polar surface area (TPSA) is 51.6 Å². The van der Waals surface area contributed by atoms with Crippen LogP contribution in [-0.4, -0.2) is 20.4 Å². The molecule has 3 aromatic heterocycles. The van der Waals surface area contributed by atoms with Crippen molar-refractivity contribution in [2.24, 2.45) is 0 Å². The molecule has 0 spiro atoms. The molecule has 0 aromatic carbocycles. The van der Waals surface area contributed by atoms with E-state index in [9.17, 15) is 0 Å². The summed E-state index contributed by atoms with van der Waals surface area (Å²) in [7, 11) is 0. The van der Waals surface area contributed by atoms with Gasteiger partial charge >= 0.3 is 0 Å². The summed E-state index contributed by atoms with van der Waals surface area (Å²) >= 11 is 10.6. The average molecular weight is 572 g/mol. The SMILES string of the molecule is CCCCCCc1cc(Br)sc1-c1nnc(-c2sc(Br)cc2CCCCCC)nn1. The summed E-state index contributed by atoms with van der Waals surface area (Å²) in [6.45, 7) is 4.48. The second kappa shape index (κ2) is 12.4. The minimum atomic E-state index is 0.625. The van der Waals surface area contributed by atoms with Crippen molar-refractivity contribution in [3.63, 3.8) is 0 Å². The minimum absolute atomic E-state index is 0.625. The normalized spacial score (nSPS) is 11.3. The molecular formula is C22H28Br2N4S2. The highest BCUT2D eigenvalue weighted by molar-refractivity contribution is 9.11. The fourth-order valence-electron chi connectivity index (χ4n) is 3.44. The zero-order valence-electron chi connectivity index (χ0n) is 17.6. The van der Waals surface area contributed by atoms with Crippen LogP contribution in [0.25, 0.3) is 21.4 Å². The van der Waals surface area contributed by atoms with E-state index >= 15 is 0 Å². The monoisotopic (exact) mass is 570 g/mol. The Hall–Kier alpha value is -0.700. The van der Waals surface area contributed by atoms with Gasteiger partial charge in [0.25, 0.3) is 0 Å². The highest BCUT2D eigenvalue weighted by Gasteiger charge is 2.17. The number of nitrogens with zero attached hydrogens (tertiary/aromatic N) is 4. The second-order valence-corrected chi connectivity index (χ2v) is 12.3. The van der Waals surface area contributed by atoms with Gasteiger partial charge in [0, 0.05) is 0 Å². The van der Waals surface area contributed by atoms with E-state index in [1.165, 1.54) is 62.5 Å². The molecule has 0 unspecified atom stereocenters. The van der Waals surface area contributed by atoms with Gasteiger partial charge in [-0.05, 0) is 80.8 Å². The number of thiophene rings is 2. The van der Waals surface area contributed by atoms with Crippen LogP contribution in [0.3, 0.4) is 0 Å². The molecule has 162 valence electrons. The molecule has 0 aliphatic rings. The summed E-state index contributed by atoms with van der Waals surface area (Å²) in [4.78, 5) is 2.16. The predicted molar refractivity (Wildman–Crippen MR) is 135 cm³/mol. The van der Waals surface area contributed by atoms with E-state index in [0.29, 0.717) is 11.6 Å². The maximum absolute atomic E-state index is 4.46. The highest BCUT2D eigenvalue weighted by atomic mass is 79.9. The smallest absolute Gasteiger partial charge is 0.125 e. The molecule has 0 bridgehead atoms. The van der Waals surface area contributed by atoms with E-state index in [0.717, 1.165) is 30.2 Å². The first-order chi connectivity index (χ1) is 14.6. The first-order valence-electron chi connectivity index (χ1n) is 10.8. The largest absolute Gasteiger partial charge is 0.213 e. The standard InChI is InChI=1S/C22H28Br2N4S2/c1-3-5-7-9-11-15-13-17(23)29-19(15)21-25-27-22(28-26-21)20-16(14-18(24)30-20)12-10-8-6-4-2/h13-14H,3-12H2,1-2H3. The zero-order chi connectivity index (χ0) is 21.3. The van der Waals surface area contributed by atoms with Crippen LogP contribution in [0.5, 0.6) is 0 Å². The summed E-state index contributed by atoms with van der Waals surface area (Å²) in [5.41, 5.74) is 2.57. The van der Waals surface area contributed by atoms with Gasteiger partial charge < -0.3 is 0 Å². The van der Waals surface area contributed by atoms with Crippen LogP contribution in [0, 0.1) is 0 Å². The van der Waals surface area contributed by atoms with Crippen molar-refractivity contribution in [1.82, 2.24) is 20.4 Å². The third-order valence-corrected chi connectivity index (χ3v) is 8.39. The molecule has 3 aromatic rings. The van der Waals surface area contributed by atoms with Crippen LogP contribution in [0.2, 0.25) is 0 Å². The van der Waals surface area contributed by atoms with Crippen LogP contribution >= 0.6 is 54.5 Å². The molecule has 0 aliphatic heterocycles. The molecule has 3 rings (SSSR count). The van der Waals surface area contributed by atoms with E-state index in [1.807, 2.05) is 0 Å². The van der Waals surface area contributed by atoms with E-state index in [-0.39, 0.29) is 0 Å². The van der Waals surface area contributed by atoms with Gasteiger partial charge in [-0.3, -0.25) is 0 Å². The van der Waals surface area contributed by atoms with Gasteiger partial charge in [0.1, 0.15) is 0 Å². The van der Waals surface area contributed by atoms with Crippen molar-refractivity contribution in [1.29, 1.82) is 0 Å². The fourth-order valence-corrected chi connectivity index (χ4v) is 6.68. The van der Waals surface area contributed by atoms with Crippen LogP contribution in [-0.2, 0) is 12.8 Å². The van der Waals surface area contributed by atoms with Crippen molar-refractivity contribution in [3.8, 4) is 21.4 Å². The summed E-state index contributed by atoms with van der Waals surface area (Å²) in [5.74, 6) is 1.25. The van der Waals surface area contributed by atoms with Crippen molar-refractivity contribution >= 4 is 54.5 Å². The average Bonchev–Trinajstić information content (AvgIpc) is 3.31. The molecule has 0 saturated carbocycles. The molecule has 8 heteroatoms. The van der Waals surface area contributed by atoms with Gasteiger partial charge in [-0.15, -0.1) is 43.1 Å². The minimum Gasteiger partial charge on any atom is -0.125 e. The van der Waals surface area contributed by atoms with Gasteiger partial charge in [0.2, 0.25) is 11.6 Å². The summed E-state index contributed by atoms with van der Waals surface area (Å²) in [6, 6.07) is 4.38. The van der Waals surface area contributed by atoms with Crippen molar-refractivity contribution in [2.45, 2.75) is 78.1 Å². The molecule has 0 fully saturated rings. The Morgan fingerprint density at radius 2 is 1.03 bits per heavy atom. The Morgan fingerprint density at radius 3 is 1.40 bits per heavy atom. The lowest BCUT2D eigenvalue weighted by molar-refractivity contribution is 0.667. The molecule has 3 heterocycles. The molecular weight excluding hydrogens is 544 g/mol. The summed E-state index contributed by atoms with van der Waals surface area (Å²) < 4.78 is 2.21. The summed E-state index contributed by atoms with van der Waals surface area (Å²) in [5, 5.41) is 17.8. The number of aromatic nitrogens is 4. The lowest BCUT2D eigenvalue weighted by Gasteiger charge is -2.04. The van der Waals surface area contributed by atoms with Crippen molar-refractivity contribution in [3.05, 3.63) is 30.8 Å². The third-order valence-electron chi connectivity index (χ3n) is 5.04. The molecule has 30 heavy (non-hydrogen) atoms. The van der Waals surface area contributed by atoms with Crippen molar-refractivity contribution < 1.29 is 0 Å². The Kier molecular flexibility index (Phi) is 9.87. The lowest BCUT2D eigenvalue weighted by atomic mass is 10.1. The number of hydrogen-bond donors (Lipinski definition) is 0. The number of hydrogen-bond acceptors (Lipinski definition) is 6. The van der Waals surface area contributed by atoms with Gasteiger partial charge in [-0.25, -0.2) is 0 Å². The summed E-state index contributed by atoms with van der Waals surface area (Å²) in [6.07, 6.45) is 12.0. The third kappa shape index (κ3) is 6.65.